The van der Waals surface area contributed by atoms with Crippen LogP contribution in [0.15, 0.2) is 24.3 Å². The number of carbonyl (C=O) groups excluding carboxylic acids is 1. The molecular formula is C11H14INO2. The second kappa shape index (κ2) is 6.66. The first-order valence-corrected chi connectivity index (χ1v) is 5.99. The summed E-state index contributed by atoms with van der Waals surface area (Å²) in [7, 11) is 0. The van der Waals surface area contributed by atoms with E-state index in [1.54, 1.807) is 0 Å². The Labute approximate surface area is 103 Å². The molecule has 0 unspecified atom stereocenters. The zero-order chi connectivity index (χ0) is 11.1. The molecule has 1 rings (SSSR count). The number of carbonyl (C=O) groups is 1. The van der Waals surface area contributed by atoms with Gasteiger partial charge in [0.05, 0.1) is 6.61 Å². The van der Waals surface area contributed by atoms with E-state index in [0.717, 1.165) is 22.1 Å². The van der Waals surface area contributed by atoms with E-state index in [1.165, 1.54) is 0 Å². The van der Waals surface area contributed by atoms with Gasteiger partial charge < -0.3 is 4.74 Å². The summed E-state index contributed by atoms with van der Waals surface area (Å²) in [5, 5.41) is 2.66. The first kappa shape index (κ1) is 12.3. The predicted molar refractivity (Wildman–Crippen MR) is 69.0 cm³/mol. The van der Waals surface area contributed by atoms with Crippen LogP contribution in [0.25, 0.3) is 0 Å². The number of hydrogen-bond donors (Lipinski definition) is 1. The molecule has 0 radical (unpaired) electrons. The van der Waals surface area contributed by atoms with Crippen LogP contribution in [0.4, 0.5) is 10.5 Å². The second-order valence-corrected chi connectivity index (χ2v) is 4.37. The minimum Gasteiger partial charge on any atom is -0.449 e. The average molecular weight is 319 g/mol. The standard InChI is InChI=1S/C11H14INO2/c1-2-3-8-15-11(14)13-10-6-4-9(12)5-7-10/h4-7H,2-3,8H2,1H3,(H,13,14). The molecule has 3 nitrogen and oxygen atoms in total. The molecule has 0 aliphatic heterocycles. The Hall–Kier alpha value is -0.780. The van der Waals surface area contributed by atoms with E-state index in [9.17, 15) is 4.79 Å². The first-order chi connectivity index (χ1) is 7.22. The summed E-state index contributed by atoms with van der Waals surface area (Å²) >= 11 is 2.21. The number of halogens is 1. The van der Waals surface area contributed by atoms with Crippen LogP contribution in [0.3, 0.4) is 0 Å². The van der Waals surface area contributed by atoms with Crippen LogP contribution in [0.1, 0.15) is 19.8 Å². The van der Waals surface area contributed by atoms with Crippen molar-refractivity contribution in [2.75, 3.05) is 11.9 Å². The highest BCUT2D eigenvalue weighted by atomic mass is 127. The summed E-state index contributed by atoms with van der Waals surface area (Å²) in [6.07, 6.45) is 1.54. The SMILES string of the molecule is CCCCOC(=O)Nc1ccc(I)cc1. The normalized spacial score (nSPS) is 9.73. The molecule has 0 atom stereocenters. The number of anilines is 1. The number of nitrogens with one attached hydrogen (secondary N) is 1. The lowest BCUT2D eigenvalue weighted by molar-refractivity contribution is 0.160. The molecule has 4 heteroatoms. The van der Waals surface area contributed by atoms with Crippen molar-refractivity contribution in [2.24, 2.45) is 0 Å². The van der Waals surface area contributed by atoms with Crippen molar-refractivity contribution in [2.45, 2.75) is 19.8 Å². The van der Waals surface area contributed by atoms with Gasteiger partial charge >= 0.3 is 6.09 Å². The summed E-state index contributed by atoms with van der Waals surface area (Å²) < 4.78 is 6.10. The maximum atomic E-state index is 11.2. The van der Waals surface area contributed by atoms with E-state index < -0.39 is 0 Å². The van der Waals surface area contributed by atoms with Gasteiger partial charge in [0, 0.05) is 9.26 Å². The van der Waals surface area contributed by atoms with Crippen LogP contribution in [0, 0.1) is 3.57 Å². The molecule has 1 amide bonds. The number of hydrogen-bond acceptors (Lipinski definition) is 2. The van der Waals surface area contributed by atoms with Gasteiger partial charge in [-0.15, -0.1) is 0 Å². The number of rotatable bonds is 4. The zero-order valence-electron chi connectivity index (χ0n) is 8.63. The molecule has 1 aromatic carbocycles. The molecule has 0 saturated carbocycles. The molecular weight excluding hydrogens is 305 g/mol. The molecule has 0 bridgehead atoms. The fourth-order valence-corrected chi connectivity index (χ4v) is 1.36. The van der Waals surface area contributed by atoms with Crippen molar-refractivity contribution in [1.82, 2.24) is 0 Å². The van der Waals surface area contributed by atoms with Crippen molar-refractivity contribution in [3.05, 3.63) is 27.8 Å². The molecule has 82 valence electrons. The van der Waals surface area contributed by atoms with E-state index in [4.69, 9.17) is 4.74 Å². The van der Waals surface area contributed by atoms with E-state index in [-0.39, 0.29) is 6.09 Å². The van der Waals surface area contributed by atoms with E-state index >= 15 is 0 Å². The number of benzene rings is 1. The third-order valence-corrected chi connectivity index (χ3v) is 2.54. The van der Waals surface area contributed by atoms with Crippen LogP contribution in [-0.2, 0) is 4.74 Å². The van der Waals surface area contributed by atoms with Crippen molar-refractivity contribution < 1.29 is 9.53 Å². The van der Waals surface area contributed by atoms with Gasteiger partial charge in [-0.05, 0) is 53.3 Å². The Kier molecular flexibility index (Phi) is 5.45. The quantitative estimate of drug-likeness (QED) is 0.680. The van der Waals surface area contributed by atoms with Gasteiger partial charge in [-0.3, -0.25) is 5.32 Å². The van der Waals surface area contributed by atoms with E-state index in [1.807, 2.05) is 24.3 Å². The minimum atomic E-state index is -0.385. The molecule has 0 fully saturated rings. The first-order valence-electron chi connectivity index (χ1n) is 4.91. The molecule has 0 saturated heterocycles. The monoisotopic (exact) mass is 319 g/mol. The lowest BCUT2D eigenvalue weighted by atomic mass is 10.3. The fourth-order valence-electron chi connectivity index (χ4n) is 0.996. The van der Waals surface area contributed by atoms with Crippen molar-refractivity contribution in [3.63, 3.8) is 0 Å². The third-order valence-electron chi connectivity index (χ3n) is 1.82. The number of amides is 1. The van der Waals surface area contributed by atoms with Crippen molar-refractivity contribution in [1.29, 1.82) is 0 Å². The Morgan fingerprint density at radius 2 is 2.07 bits per heavy atom. The molecule has 0 aromatic heterocycles. The fraction of sp³-hybridized carbons (Fsp3) is 0.364. The van der Waals surface area contributed by atoms with Crippen molar-refractivity contribution in [3.8, 4) is 0 Å². The molecule has 1 aromatic rings. The van der Waals surface area contributed by atoms with Crippen LogP contribution < -0.4 is 5.32 Å². The average Bonchev–Trinajstić information content (AvgIpc) is 2.22. The van der Waals surface area contributed by atoms with Crippen LogP contribution in [0.2, 0.25) is 0 Å². The topological polar surface area (TPSA) is 38.3 Å². The highest BCUT2D eigenvalue weighted by molar-refractivity contribution is 14.1. The van der Waals surface area contributed by atoms with Gasteiger partial charge in [-0.1, -0.05) is 13.3 Å². The Bertz CT molecular complexity index is 311. The molecule has 0 aliphatic rings. The largest absolute Gasteiger partial charge is 0.449 e. The van der Waals surface area contributed by atoms with Crippen LogP contribution in [-0.4, -0.2) is 12.7 Å². The van der Waals surface area contributed by atoms with E-state index in [2.05, 4.69) is 34.8 Å². The smallest absolute Gasteiger partial charge is 0.411 e. The molecule has 0 spiro atoms. The Morgan fingerprint density at radius 1 is 1.40 bits per heavy atom. The third kappa shape index (κ3) is 5.01. The Balaban J connectivity index is 2.34. The molecule has 15 heavy (non-hydrogen) atoms. The zero-order valence-corrected chi connectivity index (χ0v) is 10.8. The van der Waals surface area contributed by atoms with Gasteiger partial charge in [0.1, 0.15) is 0 Å². The molecule has 0 heterocycles. The lowest BCUT2D eigenvalue weighted by Gasteiger charge is -2.06. The van der Waals surface area contributed by atoms with E-state index in [0.29, 0.717) is 6.61 Å². The van der Waals surface area contributed by atoms with Gasteiger partial charge in [0.2, 0.25) is 0 Å². The molecule has 1 N–H and O–H groups in total. The van der Waals surface area contributed by atoms with Crippen molar-refractivity contribution >= 4 is 34.4 Å². The van der Waals surface area contributed by atoms with Gasteiger partial charge in [-0.2, -0.15) is 0 Å². The predicted octanol–water partition coefficient (Wildman–Crippen LogP) is 3.64. The highest BCUT2D eigenvalue weighted by Gasteiger charge is 2.01. The summed E-state index contributed by atoms with van der Waals surface area (Å²) in [6.45, 7) is 2.53. The summed E-state index contributed by atoms with van der Waals surface area (Å²) in [5.41, 5.74) is 0.761. The maximum absolute atomic E-state index is 11.2. The summed E-state index contributed by atoms with van der Waals surface area (Å²) in [5.74, 6) is 0. The molecule has 0 aliphatic carbocycles. The van der Waals surface area contributed by atoms with Crippen LogP contribution >= 0.6 is 22.6 Å². The second-order valence-electron chi connectivity index (χ2n) is 3.12. The number of unbranched alkanes of at least 4 members (excludes halogenated alkanes) is 1. The number of ether oxygens (including phenoxy) is 1. The highest BCUT2D eigenvalue weighted by Crippen LogP contribution is 2.11. The summed E-state index contributed by atoms with van der Waals surface area (Å²) in [6, 6.07) is 7.57. The lowest BCUT2D eigenvalue weighted by Crippen LogP contribution is -2.14. The summed E-state index contributed by atoms with van der Waals surface area (Å²) in [4.78, 5) is 11.2. The van der Waals surface area contributed by atoms with Gasteiger partial charge in [0.15, 0.2) is 0 Å². The maximum Gasteiger partial charge on any atom is 0.411 e. The van der Waals surface area contributed by atoms with Gasteiger partial charge in [0.25, 0.3) is 0 Å². The minimum absolute atomic E-state index is 0.385. The van der Waals surface area contributed by atoms with Crippen LogP contribution in [0.5, 0.6) is 0 Å². The van der Waals surface area contributed by atoms with Gasteiger partial charge in [-0.25, -0.2) is 4.79 Å². The Morgan fingerprint density at radius 3 is 2.67 bits per heavy atom.